The quantitative estimate of drug-likeness (QED) is 0.231. The average Bonchev–Trinajstić information content (AvgIpc) is 2.84. The number of rotatable bonds is 9. The summed E-state index contributed by atoms with van der Waals surface area (Å²) in [4.78, 5) is 13.7. The molecular weight excluding hydrogens is 444 g/mol. The number of ether oxygens (including phenoxy) is 2. The van der Waals surface area contributed by atoms with Crippen LogP contribution in [0, 0.1) is 0 Å². The number of nitrogens with zero attached hydrogens (tertiary/aromatic N) is 1. The van der Waals surface area contributed by atoms with Gasteiger partial charge in [-0.25, -0.2) is 5.43 Å². The second-order valence-electron chi connectivity index (χ2n) is 6.86. The van der Waals surface area contributed by atoms with Crippen LogP contribution in [0.5, 0.6) is 11.5 Å². The second kappa shape index (κ2) is 11.6. The second-order valence-corrected chi connectivity index (χ2v) is 8.35. The summed E-state index contributed by atoms with van der Waals surface area (Å²) in [6.45, 7) is 1.98. The largest absolute Gasteiger partial charge is 0.493 e. The number of carbonyl (C=O) groups is 1. The van der Waals surface area contributed by atoms with E-state index in [9.17, 15) is 4.79 Å². The number of hydrogen-bond acceptors (Lipinski definition) is 5. The minimum absolute atomic E-state index is 0.256. The number of thioether (sulfide) groups is 1. The zero-order valence-electron chi connectivity index (χ0n) is 18.2. The monoisotopic (exact) mass is 468 g/mol. The highest BCUT2D eigenvalue weighted by Crippen LogP contribution is 2.28. The third kappa shape index (κ3) is 6.28. The molecule has 0 fully saturated rings. The molecule has 0 radical (unpaired) electrons. The number of nitrogens with one attached hydrogen (secondary N) is 1. The van der Waals surface area contributed by atoms with Gasteiger partial charge in [-0.15, -0.1) is 11.8 Å². The molecule has 0 unspecified atom stereocenters. The number of carbonyl (C=O) groups excluding carboxylic acids is 1. The number of amides is 1. The van der Waals surface area contributed by atoms with Crippen molar-refractivity contribution >= 4 is 35.0 Å². The van der Waals surface area contributed by atoms with Gasteiger partial charge in [0.05, 0.1) is 19.9 Å². The molecule has 0 atom stereocenters. The fourth-order valence-corrected chi connectivity index (χ4v) is 3.98. The van der Waals surface area contributed by atoms with E-state index in [1.54, 1.807) is 26.0 Å². The van der Waals surface area contributed by atoms with Crippen molar-refractivity contribution in [3.63, 3.8) is 0 Å². The minimum Gasteiger partial charge on any atom is -0.493 e. The molecule has 1 amide bonds. The van der Waals surface area contributed by atoms with Crippen LogP contribution in [0.25, 0.3) is 0 Å². The number of halogens is 1. The highest BCUT2D eigenvalue weighted by molar-refractivity contribution is 7.98. The Hall–Kier alpha value is -2.96. The van der Waals surface area contributed by atoms with Crippen LogP contribution in [0.2, 0.25) is 5.02 Å². The van der Waals surface area contributed by atoms with Gasteiger partial charge in [0.25, 0.3) is 5.91 Å². The highest BCUT2D eigenvalue weighted by atomic mass is 35.5. The lowest BCUT2D eigenvalue weighted by atomic mass is 10.1. The summed E-state index contributed by atoms with van der Waals surface area (Å²) in [6.07, 6.45) is 0.649. The summed E-state index contributed by atoms with van der Waals surface area (Å²) in [7, 11) is 3.18. The van der Waals surface area contributed by atoms with Gasteiger partial charge in [-0.3, -0.25) is 4.79 Å². The maximum atomic E-state index is 12.6. The number of hydrogen-bond donors (Lipinski definition) is 1. The Balaban J connectivity index is 1.63. The molecule has 3 aromatic carbocycles. The van der Waals surface area contributed by atoms with E-state index in [1.807, 2.05) is 73.7 Å². The molecule has 166 valence electrons. The highest BCUT2D eigenvalue weighted by Gasteiger charge is 2.10. The minimum atomic E-state index is -0.256. The fraction of sp³-hybridized carbons (Fsp3) is 0.200. The first-order valence-electron chi connectivity index (χ1n) is 10.1. The first-order chi connectivity index (χ1) is 15.5. The van der Waals surface area contributed by atoms with Crippen LogP contribution in [0.3, 0.4) is 0 Å². The molecule has 3 rings (SSSR count). The molecule has 5 nitrogen and oxygen atoms in total. The van der Waals surface area contributed by atoms with Gasteiger partial charge in [0.1, 0.15) is 0 Å². The van der Waals surface area contributed by atoms with Crippen molar-refractivity contribution in [2.24, 2.45) is 5.10 Å². The summed E-state index contributed by atoms with van der Waals surface area (Å²) in [5.74, 6) is 1.81. The molecule has 0 saturated heterocycles. The van der Waals surface area contributed by atoms with E-state index in [-0.39, 0.29) is 5.91 Å². The molecule has 0 aromatic heterocycles. The Morgan fingerprint density at radius 1 is 0.938 bits per heavy atom. The van der Waals surface area contributed by atoms with E-state index >= 15 is 0 Å². The van der Waals surface area contributed by atoms with E-state index in [2.05, 4.69) is 10.5 Å². The molecule has 0 bridgehead atoms. The number of methoxy groups -OCH3 is 2. The van der Waals surface area contributed by atoms with Gasteiger partial charge >= 0.3 is 0 Å². The van der Waals surface area contributed by atoms with Crippen molar-refractivity contribution in [3.05, 3.63) is 88.4 Å². The van der Waals surface area contributed by atoms with Gasteiger partial charge in [-0.05, 0) is 66.6 Å². The van der Waals surface area contributed by atoms with Crippen molar-refractivity contribution < 1.29 is 14.3 Å². The summed E-state index contributed by atoms with van der Waals surface area (Å²) in [5, 5.41) is 5.06. The van der Waals surface area contributed by atoms with Crippen LogP contribution in [0.15, 0.2) is 76.7 Å². The predicted octanol–water partition coefficient (Wildman–Crippen LogP) is 6.19. The van der Waals surface area contributed by atoms with Crippen LogP contribution >= 0.6 is 23.4 Å². The Bertz CT molecular complexity index is 1080. The molecule has 0 heterocycles. The van der Waals surface area contributed by atoms with Crippen LogP contribution in [-0.2, 0) is 5.75 Å². The van der Waals surface area contributed by atoms with E-state index in [1.165, 1.54) is 0 Å². The van der Waals surface area contributed by atoms with Crippen molar-refractivity contribution in [1.29, 1.82) is 0 Å². The van der Waals surface area contributed by atoms with E-state index in [0.29, 0.717) is 23.5 Å². The smallest absolute Gasteiger partial charge is 0.271 e. The Labute approximate surface area is 197 Å². The van der Waals surface area contributed by atoms with E-state index < -0.39 is 0 Å². The van der Waals surface area contributed by atoms with Crippen molar-refractivity contribution in [3.8, 4) is 11.5 Å². The zero-order valence-corrected chi connectivity index (χ0v) is 19.8. The van der Waals surface area contributed by atoms with Crippen LogP contribution in [-0.4, -0.2) is 25.8 Å². The van der Waals surface area contributed by atoms with Gasteiger partial charge in [0, 0.05) is 26.8 Å². The van der Waals surface area contributed by atoms with Crippen molar-refractivity contribution in [1.82, 2.24) is 5.43 Å². The number of benzene rings is 3. The molecule has 7 heteroatoms. The molecule has 3 aromatic rings. The predicted molar refractivity (Wildman–Crippen MR) is 131 cm³/mol. The summed E-state index contributed by atoms with van der Waals surface area (Å²) in [5.41, 5.74) is 5.94. The van der Waals surface area contributed by atoms with Crippen LogP contribution < -0.4 is 14.9 Å². The topological polar surface area (TPSA) is 59.9 Å². The normalized spacial score (nSPS) is 11.2. The summed E-state index contributed by atoms with van der Waals surface area (Å²) < 4.78 is 10.6. The van der Waals surface area contributed by atoms with Crippen LogP contribution in [0.4, 0.5) is 0 Å². The van der Waals surface area contributed by atoms with Gasteiger partial charge in [0.2, 0.25) is 0 Å². The standard InChI is InChI=1S/C25H25ClN2O3S/c1-4-22(19-9-14-23(30-2)24(15-19)31-3)27-28-25(29)18-7-5-17(6-8-18)16-32-21-12-10-20(26)11-13-21/h5-15H,4,16H2,1-3H3,(H,28,29)/b27-22-. The first-order valence-corrected chi connectivity index (χ1v) is 11.5. The SMILES string of the molecule is CC/C(=N/NC(=O)c1ccc(CSc2ccc(Cl)cc2)cc1)c1ccc(OC)c(OC)c1. The zero-order chi connectivity index (χ0) is 22.9. The summed E-state index contributed by atoms with van der Waals surface area (Å²) >= 11 is 7.64. The van der Waals surface area contributed by atoms with Gasteiger partial charge < -0.3 is 9.47 Å². The molecule has 0 aliphatic rings. The Morgan fingerprint density at radius 2 is 1.59 bits per heavy atom. The molecule has 1 N–H and O–H groups in total. The van der Waals surface area contributed by atoms with E-state index in [0.717, 1.165) is 32.5 Å². The molecule has 0 aliphatic carbocycles. The lowest BCUT2D eigenvalue weighted by Crippen LogP contribution is -2.20. The molecule has 0 spiro atoms. The fourth-order valence-electron chi connectivity index (χ4n) is 3.00. The third-order valence-corrected chi connectivity index (χ3v) is 6.11. The number of hydrazone groups is 1. The van der Waals surface area contributed by atoms with Gasteiger partial charge in [-0.1, -0.05) is 30.7 Å². The maximum absolute atomic E-state index is 12.6. The lowest BCUT2D eigenvalue weighted by molar-refractivity contribution is 0.0955. The first kappa shape index (κ1) is 23.7. The average molecular weight is 469 g/mol. The lowest BCUT2D eigenvalue weighted by Gasteiger charge is -2.11. The third-order valence-electron chi connectivity index (χ3n) is 4.78. The Morgan fingerprint density at radius 3 is 2.22 bits per heavy atom. The molecule has 0 aliphatic heterocycles. The van der Waals surface area contributed by atoms with Gasteiger partial charge in [0.15, 0.2) is 11.5 Å². The van der Waals surface area contributed by atoms with Crippen LogP contribution in [0.1, 0.15) is 34.8 Å². The van der Waals surface area contributed by atoms with Gasteiger partial charge in [-0.2, -0.15) is 5.10 Å². The molecule has 0 saturated carbocycles. The molecule has 32 heavy (non-hydrogen) atoms. The van der Waals surface area contributed by atoms with E-state index in [4.69, 9.17) is 21.1 Å². The Kier molecular flexibility index (Phi) is 8.59. The molecular formula is C25H25ClN2O3S. The summed E-state index contributed by atoms with van der Waals surface area (Å²) in [6, 6.07) is 20.8. The maximum Gasteiger partial charge on any atom is 0.271 e. The van der Waals surface area contributed by atoms with Crippen molar-refractivity contribution in [2.75, 3.05) is 14.2 Å². The van der Waals surface area contributed by atoms with Crippen molar-refractivity contribution in [2.45, 2.75) is 24.0 Å².